The van der Waals surface area contributed by atoms with Crippen molar-refractivity contribution in [1.29, 1.82) is 0 Å². The van der Waals surface area contributed by atoms with Crippen molar-refractivity contribution in [3.8, 4) is 11.5 Å². The minimum Gasteiger partial charge on any atom is -0.497 e. The van der Waals surface area contributed by atoms with E-state index in [1.807, 2.05) is 12.1 Å². The van der Waals surface area contributed by atoms with Crippen LogP contribution in [0.4, 0.5) is 0 Å². The molecule has 4 heteroatoms. The topological polar surface area (TPSA) is 30.5 Å². The van der Waals surface area contributed by atoms with E-state index in [1.165, 1.54) is 0 Å². The summed E-state index contributed by atoms with van der Waals surface area (Å²) < 4.78 is 10.3. The summed E-state index contributed by atoms with van der Waals surface area (Å²) in [6.45, 7) is 0. The Labute approximate surface area is 89.0 Å². The molecule has 0 aliphatic carbocycles. The molecule has 1 aromatic rings. The molecule has 0 atom stereocenters. The highest BCUT2D eigenvalue weighted by Gasteiger charge is 2.07. The zero-order valence-corrected chi connectivity index (χ0v) is 9.27. The molecule has 0 fully saturated rings. The lowest BCUT2D eigenvalue weighted by Gasteiger charge is -2.10. The third kappa shape index (κ3) is 2.14. The normalized spacial score (nSPS) is 9.36. The van der Waals surface area contributed by atoms with Gasteiger partial charge in [-0.2, -0.15) is 0 Å². The van der Waals surface area contributed by atoms with E-state index in [1.54, 1.807) is 27.3 Å². The molecule has 0 unspecified atom stereocenters. The van der Waals surface area contributed by atoms with Crippen molar-refractivity contribution in [3.05, 3.63) is 23.8 Å². The second kappa shape index (κ2) is 4.81. The summed E-state index contributed by atoms with van der Waals surface area (Å²) in [5.41, 5.74) is 0.866. The Hall–Kier alpha value is -1.29. The number of hydrogen-bond acceptors (Lipinski definition) is 3. The van der Waals surface area contributed by atoms with Crippen LogP contribution in [0.15, 0.2) is 18.2 Å². The molecule has 76 valence electrons. The Kier molecular flexibility index (Phi) is 3.71. The molecular weight excluding hydrogens is 198 g/mol. The maximum atomic E-state index is 5.20. The van der Waals surface area contributed by atoms with Crippen LogP contribution in [-0.2, 0) is 0 Å². The molecule has 0 aliphatic rings. The van der Waals surface area contributed by atoms with E-state index >= 15 is 0 Å². The van der Waals surface area contributed by atoms with E-state index in [0.717, 1.165) is 11.3 Å². The fourth-order valence-electron chi connectivity index (χ4n) is 1.12. The first-order valence-corrected chi connectivity index (χ1v) is 4.58. The molecular formula is C10H13NO2S. The number of ether oxygens (including phenoxy) is 2. The molecule has 0 heterocycles. The lowest BCUT2D eigenvalue weighted by Crippen LogP contribution is -2.17. The largest absolute Gasteiger partial charge is 0.497 e. The van der Waals surface area contributed by atoms with Crippen LogP contribution < -0.4 is 14.8 Å². The van der Waals surface area contributed by atoms with Gasteiger partial charge in [-0.1, -0.05) is 12.2 Å². The molecule has 0 saturated carbocycles. The number of nitrogens with one attached hydrogen (secondary N) is 1. The van der Waals surface area contributed by atoms with E-state index in [2.05, 4.69) is 5.32 Å². The van der Waals surface area contributed by atoms with Gasteiger partial charge in [0.25, 0.3) is 0 Å². The fourth-order valence-corrected chi connectivity index (χ4v) is 1.29. The van der Waals surface area contributed by atoms with E-state index in [0.29, 0.717) is 10.7 Å². The van der Waals surface area contributed by atoms with Crippen LogP contribution in [0.3, 0.4) is 0 Å². The van der Waals surface area contributed by atoms with Crippen LogP contribution in [0, 0.1) is 0 Å². The van der Waals surface area contributed by atoms with E-state index in [9.17, 15) is 0 Å². The zero-order valence-electron chi connectivity index (χ0n) is 8.46. The molecule has 1 rings (SSSR count). The van der Waals surface area contributed by atoms with Crippen LogP contribution in [0.2, 0.25) is 0 Å². The van der Waals surface area contributed by atoms with Gasteiger partial charge >= 0.3 is 0 Å². The van der Waals surface area contributed by atoms with Gasteiger partial charge in [-0.05, 0) is 12.1 Å². The highest BCUT2D eigenvalue weighted by Crippen LogP contribution is 2.24. The molecule has 14 heavy (non-hydrogen) atoms. The first kappa shape index (κ1) is 10.8. The Balaban J connectivity index is 3.11. The SMILES string of the molecule is CNC(=S)c1ccc(OC)cc1OC. The molecule has 0 saturated heterocycles. The Morgan fingerprint density at radius 1 is 1.29 bits per heavy atom. The molecule has 0 bridgehead atoms. The number of hydrogen-bond donors (Lipinski definition) is 1. The lowest BCUT2D eigenvalue weighted by atomic mass is 10.2. The second-order valence-electron chi connectivity index (χ2n) is 2.65. The van der Waals surface area contributed by atoms with Crippen LogP contribution >= 0.6 is 12.2 Å². The third-order valence-electron chi connectivity index (χ3n) is 1.88. The van der Waals surface area contributed by atoms with Gasteiger partial charge in [-0.25, -0.2) is 0 Å². The van der Waals surface area contributed by atoms with Crippen molar-refractivity contribution in [2.75, 3.05) is 21.3 Å². The average Bonchev–Trinajstić information content (AvgIpc) is 2.27. The second-order valence-corrected chi connectivity index (χ2v) is 3.05. The van der Waals surface area contributed by atoms with Gasteiger partial charge < -0.3 is 14.8 Å². The van der Waals surface area contributed by atoms with Gasteiger partial charge in [0.05, 0.1) is 19.8 Å². The zero-order chi connectivity index (χ0) is 10.6. The van der Waals surface area contributed by atoms with Gasteiger partial charge in [0.2, 0.25) is 0 Å². The minimum absolute atomic E-state index is 0.657. The van der Waals surface area contributed by atoms with Crippen LogP contribution in [0.25, 0.3) is 0 Å². The lowest BCUT2D eigenvalue weighted by molar-refractivity contribution is 0.394. The van der Waals surface area contributed by atoms with Crippen LogP contribution in [0.1, 0.15) is 5.56 Å². The van der Waals surface area contributed by atoms with Gasteiger partial charge in [-0.3, -0.25) is 0 Å². The molecule has 3 nitrogen and oxygen atoms in total. The Morgan fingerprint density at radius 2 is 2.00 bits per heavy atom. The predicted octanol–water partition coefficient (Wildman–Crippen LogP) is 1.60. The number of thiocarbonyl (C=S) groups is 1. The molecule has 0 aromatic heterocycles. The summed E-state index contributed by atoms with van der Waals surface area (Å²) in [5, 5.41) is 2.90. The first-order chi connectivity index (χ1) is 6.72. The van der Waals surface area contributed by atoms with Crippen molar-refractivity contribution < 1.29 is 9.47 Å². The summed E-state index contributed by atoms with van der Waals surface area (Å²) in [5.74, 6) is 1.47. The first-order valence-electron chi connectivity index (χ1n) is 4.17. The summed E-state index contributed by atoms with van der Waals surface area (Å²) >= 11 is 5.12. The van der Waals surface area contributed by atoms with Crippen molar-refractivity contribution in [2.45, 2.75) is 0 Å². The standard InChI is InChI=1S/C10H13NO2S/c1-11-10(14)8-5-4-7(12-2)6-9(8)13-3/h4-6H,1-3H3,(H,11,14). The van der Waals surface area contributed by atoms with Crippen molar-refractivity contribution in [3.63, 3.8) is 0 Å². The maximum Gasteiger partial charge on any atom is 0.132 e. The Morgan fingerprint density at radius 3 is 2.50 bits per heavy atom. The molecule has 1 N–H and O–H groups in total. The van der Waals surface area contributed by atoms with Gasteiger partial charge in [0, 0.05) is 13.1 Å². The highest BCUT2D eigenvalue weighted by atomic mass is 32.1. The van der Waals surface area contributed by atoms with Gasteiger partial charge in [0.1, 0.15) is 16.5 Å². The van der Waals surface area contributed by atoms with Crippen LogP contribution in [0.5, 0.6) is 11.5 Å². The molecule has 0 spiro atoms. The average molecular weight is 211 g/mol. The summed E-state index contributed by atoms with van der Waals surface area (Å²) in [6.07, 6.45) is 0. The number of rotatable bonds is 3. The third-order valence-corrected chi connectivity index (χ3v) is 2.30. The summed E-state index contributed by atoms with van der Waals surface area (Å²) in [6, 6.07) is 5.52. The Bertz CT molecular complexity index is 339. The van der Waals surface area contributed by atoms with E-state index < -0.39 is 0 Å². The minimum atomic E-state index is 0.657. The molecule has 0 radical (unpaired) electrons. The monoisotopic (exact) mass is 211 g/mol. The van der Waals surface area contributed by atoms with Gasteiger partial charge in [0.15, 0.2) is 0 Å². The number of methoxy groups -OCH3 is 2. The van der Waals surface area contributed by atoms with Crippen molar-refractivity contribution in [1.82, 2.24) is 5.32 Å². The van der Waals surface area contributed by atoms with Crippen LogP contribution in [-0.4, -0.2) is 26.3 Å². The molecule has 0 aliphatic heterocycles. The predicted molar refractivity (Wildman–Crippen MR) is 60.3 cm³/mol. The van der Waals surface area contributed by atoms with Crippen molar-refractivity contribution in [2.24, 2.45) is 0 Å². The summed E-state index contributed by atoms with van der Waals surface area (Å²) in [7, 11) is 5.01. The number of benzene rings is 1. The van der Waals surface area contributed by atoms with E-state index in [4.69, 9.17) is 21.7 Å². The van der Waals surface area contributed by atoms with Crippen molar-refractivity contribution >= 4 is 17.2 Å². The van der Waals surface area contributed by atoms with Gasteiger partial charge in [-0.15, -0.1) is 0 Å². The van der Waals surface area contributed by atoms with E-state index in [-0.39, 0.29) is 0 Å². The fraction of sp³-hybridized carbons (Fsp3) is 0.300. The smallest absolute Gasteiger partial charge is 0.132 e. The highest BCUT2D eigenvalue weighted by molar-refractivity contribution is 7.80. The maximum absolute atomic E-state index is 5.20. The quantitative estimate of drug-likeness (QED) is 0.769. The molecule has 0 amide bonds. The molecule has 1 aromatic carbocycles. The summed E-state index contributed by atoms with van der Waals surface area (Å²) in [4.78, 5) is 0.657.